The van der Waals surface area contributed by atoms with Crippen LogP contribution in [0.3, 0.4) is 0 Å². The maximum absolute atomic E-state index is 8.66. The van der Waals surface area contributed by atoms with Crippen molar-refractivity contribution in [1.82, 2.24) is 0 Å². The Hall–Kier alpha value is -1.62. The summed E-state index contributed by atoms with van der Waals surface area (Å²) in [7, 11) is 0. The van der Waals surface area contributed by atoms with E-state index in [1.807, 2.05) is 12.1 Å². The summed E-state index contributed by atoms with van der Waals surface area (Å²) in [5.74, 6) is 0. The van der Waals surface area contributed by atoms with Crippen LogP contribution in [0, 0.1) is 22.7 Å². The van der Waals surface area contributed by atoms with Crippen LogP contribution in [0.25, 0.3) is 0 Å². The van der Waals surface area contributed by atoms with Gasteiger partial charge in [0.1, 0.15) is 5.54 Å². The molecule has 0 aromatic carbocycles. The summed E-state index contributed by atoms with van der Waals surface area (Å²) >= 11 is 0. The van der Waals surface area contributed by atoms with E-state index in [-0.39, 0.29) is 0 Å². The van der Waals surface area contributed by atoms with Gasteiger partial charge in [0.2, 0.25) is 0 Å². The summed E-state index contributed by atoms with van der Waals surface area (Å²) in [6.45, 7) is 0. The molecule has 0 aromatic rings. The highest BCUT2D eigenvalue weighted by Crippen LogP contribution is 2.16. The van der Waals surface area contributed by atoms with Gasteiger partial charge in [-0.15, -0.1) is 0 Å². The fourth-order valence-electron chi connectivity index (χ4n) is 0.912. The molecule has 0 spiro atoms. The van der Waals surface area contributed by atoms with Crippen LogP contribution >= 0.6 is 0 Å². The Bertz CT molecular complexity index is 328. The van der Waals surface area contributed by atoms with E-state index in [9.17, 15) is 0 Å². The number of allylic oxidation sites excluding steroid dienone is 2. The molecule has 60 valence electrons. The van der Waals surface area contributed by atoms with Crippen molar-refractivity contribution in [3.8, 4) is 12.1 Å². The Kier molecular flexibility index (Phi) is 1.97. The van der Waals surface area contributed by atoms with Crippen molar-refractivity contribution < 1.29 is 0 Å². The number of nitrogens with zero attached hydrogens (tertiary/aromatic N) is 2. The van der Waals surface area contributed by atoms with Crippen molar-refractivity contribution in [2.75, 3.05) is 0 Å². The lowest BCUT2D eigenvalue weighted by molar-refractivity contribution is 0.581. The van der Waals surface area contributed by atoms with Gasteiger partial charge in [0, 0.05) is 5.57 Å². The van der Waals surface area contributed by atoms with E-state index in [2.05, 4.69) is 0 Å². The van der Waals surface area contributed by atoms with Crippen LogP contribution in [-0.2, 0) is 0 Å². The number of nitriles is 2. The van der Waals surface area contributed by atoms with Gasteiger partial charge in [-0.05, 0) is 18.2 Å². The molecule has 4 heteroatoms. The van der Waals surface area contributed by atoms with Gasteiger partial charge in [0.15, 0.2) is 0 Å². The van der Waals surface area contributed by atoms with E-state index in [1.165, 1.54) is 18.2 Å². The molecule has 4 N–H and O–H groups in total. The first-order valence-corrected chi connectivity index (χ1v) is 3.39. The van der Waals surface area contributed by atoms with Crippen molar-refractivity contribution in [3.63, 3.8) is 0 Å². The Morgan fingerprint density at radius 3 is 2.58 bits per heavy atom. The largest absolute Gasteiger partial charge is 0.322 e. The molecule has 0 saturated carbocycles. The van der Waals surface area contributed by atoms with Gasteiger partial charge in [-0.3, -0.25) is 0 Å². The van der Waals surface area contributed by atoms with Crippen LogP contribution in [0.2, 0.25) is 0 Å². The summed E-state index contributed by atoms with van der Waals surface area (Å²) in [6, 6.07) is 3.20. The topological polar surface area (TPSA) is 99.6 Å². The molecule has 1 rings (SSSR count). The molecule has 0 bridgehead atoms. The van der Waals surface area contributed by atoms with E-state index >= 15 is 0 Å². The van der Waals surface area contributed by atoms with E-state index in [1.54, 1.807) is 0 Å². The molecule has 0 aromatic heterocycles. The van der Waals surface area contributed by atoms with Gasteiger partial charge < -0.3 is 11.5 Å². The molecule has 4 nitrogen and oxygen atoms in total. The molecule has 0 amide bonds. The molecule has 1 aliphatic rings. The predicted molar refractivity (Wildman–Crippen MR) is 43.3 cm³/mol. The first-order chi connectivity index (χ1) is 5.62. The maximum atomic E-state index is 8.66. The molecule has 0 fully saturated rings. The molecule has 0 radical (unpaired) electrons. The SMILES string of the molecule is N#CC1=CC(N)C(N)(C#N)C=C1. The average molecular weight is 160 g/mol. The minimum absolute atomic E-state index is 0.443. The Morgan fingerprint density at radius 2 is 2.17 bits per heavy atom. The monoisotopic (exact) mass is 160 g/mol. The van der Waals surface area contributed by atoms with Crippen molar-refractivity contribution in [3.05, 3.63) is 23.8 Å². The van der Waals surface area contributed by atoms with E-state index in [4.69, 9.17) is 22.0 Å². The summed E-state index contributed by atoms with van der Waals surface area (Å²) in [6.07, 6.45) is 4.45. The molecule has 0 heterocycles. The van der Waals surface area contributed by atoms with Crippen LogP contribution in [0.1, 0.15) is 0 Å². The Labute approximate surface area is 70.4 Å². The number of nitrogens with two attached hydrogens (primary N) is 2. The minimum Gasteiger partial charge on any atom is -0.322 e. The van der Waals surface area contributed by atoms with Gasteiger partial charge in [0.05, 0.1) is 18.2 Å². The van der Waals surface area contributed by atoms with Gasteiger partial charge in [-0.1, -0.05) is 0 Å². The highest BCUT2D eigenvalue weighted by molar-refractivity contribution is 5.44. The zero-order chi connectivity index (χ0) is 9.19. The summed E-state index contributed by atoms with van der Waals surface area (Å²) in [4.78, 5) is 0. The second kappa shape index (κ2) is 2.78. The third-order valence-corrected chi connectivity index (χ3v) is 1.77. The van der Waals surface area contributed by atoms with Crippen molar-refractivity contribution in [1.29, 1.82) is 10.5 Å². The molecule has 0 saturated heterocycles. The van der Waals surface area contributed by atoms with Crippen molar-refractivity contribution in [2.24, 2.45) is 11.5 Å². The lowest BCUT2D eigenvalue weighted by Gasteiger charge is -2.25. The lowest BCUT2D eigenvalue weighted by Crippen LogP contribution is -2.52. The predicted octanol–water partition coefficient (Wildman–Crippen LogP) is -0.445. The van der Waals surface area contributed by atoms with Crippen LogP contribution in [0.15, 0.2) is 23.8 Å². The smallest absolute Gasteiger partial charge is 0.142 e. The highest BCUT2D eigenvalue weighted by atomic mass is 14.8. The zero-order valence-corrected chi connectivity index (χ0v) is 6.36. The summed E-state index contributed by atoms with van der Waals surface area (Å²) in [5, 5.41) is 17.2. The van der Waals surface area contributed by atoms with Crippen LogP contribution in [-0.4, -0.2) is 11.6 Å². The van der Waals surface area contributed by atoms with Crippen LogP contribution < -0.4 is 11.5 Å². The van der Waals surface area contributed by atoms with Crippen LogP contribution in [0.5, 0.6) is 0 Å². The van der Waals surface area contributed by atoms with Gasteiger partial charge >= 0.3 is 0 Å². The molecule has 1 aliphatic carbocycles. The Balaban J connectivity index is 3.00. The third kappa shape index (κ3) is 1.22. The van der Waals surface area contributed by atoms with Gasteiger partial charge in [-0.25, -0.2) is 0 Å². The van der Waals surface area contributed by atoms with E-state index in [0.717, 1.165) is 0 Å². The highest BCUT2D eigenvalue weighted by Gasteiger charge is 2.30. The normalized spacial score (nSPS) is 33.3. The number of hydrogen-bond donors (Lipinski definition) is 2. The molecule has 12 heavy (non-hydrogen) atoms. The quantitative estimate of drug-likeness (QED) is 0.501. The fraction of sp³-hybridized carbons (Fsp3) is 0.250. The lowest BCUT2D eigenvalue weighted by atomic mass is 9.87. The first kappa shape index (κ1) is 8.48. The maximum Gasteiger partial charge on any atom is 0.142 e. The average Bonchev–Trinajstić information content (AvgIpc) is 2.10. The molecular formula is C8H8N4. The van der Waals surface area contributed by atoms with E-state index in [0.29, 0.717) is 5.57 Å². The van der Waals surface area contributed by atoms with Crippen LogP contribution in [0.4, 0.5) is 0 Å². The van der Waals surface area contributed by atoms with E-state index < -0.39 is 11.6 Å². The molecule has 2 unspecified atom stereocenters. The van der Waals surface area contributed by atoms with Gasteiger partial charge in [-0.2, -0.15) is 10.5 Å². The summed E-state index contributed by atoms with van der Waals surface area (Å²) in [5.41, 5.74) is 10.4. The second-order valence-corrected chi connectivity index (χ2v) is 2.64. The number of rotatable bonds is 0. The molecule has 0 aliphatic heterocycles. The standard InChI is InChI=1S/C8H8N4/c9-4-6-1-2-8(12,5-10)7(11)3-6/h1-3,7H,11-12H2. The van der Waals surface area contributed by atoms with Crippen molar-refractivity contribution >= 4 is 0 Å². The first-order valence-electron chi connectivity index (χ1n) is 3.39. The second-order valence-electron chi connectivity index (χ2n) is 2.64. The number of hydrogen-bond acceptors (Lipinski definition) is 4. The zero-order valence-electron chi connectivity index (χ0n) is 6.36. The molecular weight excluding hydrogens is 152 g/mol. The Morgan fingerprint density at radius 1 is 1.50 bits per heavy atom. The fourth-order valence-corrected chi connectivity index (χ4v) is 0.912. The van der Waals surface area contributed by atoms with Gasteiger partial charge in [0.25, 0.3) is 0 Å². The minimum atomic E-state index is -1.17. The summed E-state index contributed by atoms with van der Waals surface area (Å²) < 4.78 is 0. The van der Waals surface area contributed by atoms with Crippen molar-refractivity contribution in [2.45, 2.75) is 11.6 Å². The third-order valence-electron chi connectivity index (χ3n) is 1.77. The molecule has 2 atom stereocenters.